The fourth-order valence-electron chi connectivity index (χ4n) is 3.74. The maximum atomic E-state index is 12.1. The molecule has 0 radical (unpaired) electrons. The van der Waals surface area contributed by atoms with Crippen molar-refractivity contribution in [2.45, 2.75) is 19.1 Å². The van der Waals surface area contributed by atoms with Crippen LogP contribution in [0, 0.1) is 0 Å². The van der Waals surface area contributed by atoms with E-state index >= 15 is 0 Å². The molecule has 0 fully saturated rings. The number of rotatable bonds is 7. The smallest absolute Gasteiger partial charge is 0.173 e. The Kier molecular flexibility index (Phi) is 5.34. The molecule has 0 amide bonds. The molecular weight excluding hydrogens is 364 g/mol. The van der Waals surface area contributed by atoms with Gasteiger partial charge in [0.1, 0.15) is 12.4 Å². The molecular formula is C24H24N2O3. The predicted molar refractivity (Wildman–Crippen MR) is 113 cm³/mol. The van der Waals surface area contributed by atoms with Gasteiger partial charge in [-0.05, 0) is 30.2 Å². The molecule has 5 heteroatoms. The van der Waals surface area contributed by atoms with Crippen LogP contribution in [0.5, 0.6) is 5.75 Å². The minimum absolute atomic E-state index is 0.0436. The van der Waals surface area contributed by atoms with E-state index in [-0.39, 0.29) is 13.2 Å². The summed E-state index contributed by atoms with van der Waals surface area (Å²) < 4.78 is 7.59. The molecule has 1 heterocycles. The van der Waals surface area contributed by atoms with Crippen molar-refractivity contribution in [1.29, 1.82) is 0 Å². The molecule has 2 N–H and O–H groups in total. The maximum Gasteiger partial charge on any atom is 0.173 e. The van der Waals surface area contributed by atoms with Crippen molar-refractivity contribution >= 4 is 11.0 Å². The fraction of sp³-hybridized carbons (Fsp3) is 0.208. The molecule has 0 aliphatic rings. The average Bonchev–Trinajstić information content (AvgIpc) is 3.16. The molecule has 0 aliphatic heterocycles. The molecule has 0 unspecified atom stereocenters. The van der Waals surface area contributed by atoms with Crippen LogP contribution in [-0.2, 0) is 12.1 Å². The number of hydrogen-bond acceptors (Lipinski definition) is 4. The van der Waals surface area contributed by atoms with Crippen LogP contribution >= 0.6 is 0 Å². The minimum atomic E-state index is -1.40. The molecule has 1 aromatic heterocycles. The Balaban J connectivity index is 1.95. The van der Waals surface area contributed by atoms with E-state index in [0.717, 1.165) is 22.2 Å². The first kappa shape index (κ1) is 19.2. The normalized spacial score (nSPS) is 11.7. The van der Waals surface area contributed by atoms with Gasteiger partial charge in [0.25, 0.3) is 0 Å². The lowest BCUT2D eigenvalue weighted by Gasteiger charge is -2.29. The van der Waals surface area contributed by atoms with Crippen molar-refractivity contribution in [2.75, 3.05) is 13.2 Å². The minimum Gasteiger partial charge on any atom is -0.491 e. The SMILES string of the molecule is CCn1c(C(O)(c2ccccc2)c2ccccc2)nc2ccc(OCCO)cc21. The highest BCUT2D eigenvalue weighted by molar-refractivity contribution is 5.78. The van der Waals surface area contributed by atoms with Crippen molar-refractivity contribution in [1.82, 2.24) is 9.55 Å². The second-order valence-electron chi connectivity index (χ2n) is 6.84. The van der Waals surface area contributed by atoms with Crippen LogP contribution in [0.2, 0.25) is 0 Å². The summed E-state index contributed by atoms with van der Waals surface area (Å²) in [4.78, 5) is 4.84. The summed E-state index contributed by atoms with van der Waals surface area (Å²) in [6, 6.07) is 24.8. The zero-order valence-corrected chi connectivity index (χ0v) is 16.3. The largest absolute Gasteiger partial charge is 0.491 e. The number of aryl methyl sites for hydroxylation is 1. The molecule has 5 nitrogen and oxygen atoms in total. The van der Waals surface area contributed by atoms with Gasteiger partial charge in [0.05, 0.1) is 17.6 Å². The number of aromatic nitrogens is 2. The van der Waals surface area contributed by atoms with Gasteiger partial charge in [-0.3, -0.25) is 0 Å². The number of hydrogen-bond donors (Lipinski definition) is 2. The number of aliphatic hydroxyl groups excluding tert-OH is 1. The lowest BCUT2D eigenvalue weighted by atomic mass is 9.85. The van der Waals surface area contributed by atoms with E-state index in [1.54, 1.807) is 0 Å². The van der Waals surface area contributed by atoms with Crippen LogP contribution in [0.1, 0.15) is 23.9 Å². The van der Waals surface area contributed by atoms with Gasteiger partial charge in [0.15, 0.2) is 11.4 Å². The van der Waals surface area contributed by atoms with Gasteiger partial charge in [-0.2, -0.15) is 0 Å². The van der Waals surface area contributed by atoms with Gasteiger partial charge in [0.2, 0.25) is 0 Å². The summed E-state index contributed by atoms with van der Waals surface area (Å²) in [5.41, 5.74) is 1.77. The van der Waals surface area contributed by atoms with Crippen molar-refractivity contribution in [2.24, 2.45) is 0 Å². The average molecular weight is 388 g/mol. The van der Waals surface area contributed by atoms with E-state index in [4.69, 9.17) is 14.8 Å². The fourth-order valence-corrected chi connectivity index (χ4v) is 3.74. The summed E-state index contributed by atoms with van der Waals surface area (Å²) in [6.07, 6.45) is 0. The lowest BCUT2D eigenvalue weighted by Crippen LogP contribution is -2.32. The lowest BCUT2D eigenvalue weighted by molar-refractivity contribution is 0.112. The zero-order chi connectivity index (χ0) is 20.3. The quantitative estimate of drug-likeness (QED) is 0.506. The van der Waals surface area contributed by atoms with E-state index in [2.05, 4.69) is 0 Å². The number of fused-ring (bicyclic) bond motifs is 1. The van der Waals surface area contributed by atoms with Crippen molar-refractivity contribution in [3.63, 3.8) is 0 Å². The van der Waals surface area contributed by atoms with Gasteiger partial charge in [0, 0.05) is 12.6 Å². The molecule has 0 aliphatic carbocycles. The third-order valence-corrected chi connectivity index (χ3v) is 5.10. The molecule has 3 aromatic carbocycles. The van der Waals surface area contributed by atoms with Crippen LogP contribution < -0.4 is 4.74 Å². The third kappa shape index (κ3) is 3.39. The van der Waals surface area contributed by atoms with Crippen LogP contribution in [0.4, 0.5) is 0 Å². The second-order valence-corrected chi connectivity index (χ2v) is 6.84. The van der Waals surface area contributed by atoms with Gasteiger partial charge in [-0.1, -0.05) is 60.7 Å². The van der Waals surface area contributed by atoms with Crippen LogP contribution in [0.25, 0.3) is 11.0 Å². The van der Waals surface area contributed by atoms with Crippen molar-refractivity contribution in [3.8, 4) is 5.75 Å². The molecule has 148 valence electrons. The van der Waals surface area contributed by atoms with Crippen LogP contribution in [0.15, 0.2) is 78.9 Å². The topological polar surface area (TPSA) is 67.5 Å². The molecule has 0 saturated heterocycles. The van der Waals surface area contributed by atoms with E-state index in [0.29, 0.717) is 18.1 Å². The number of benzene rings is 3. The highest BCUT2D eigenvalue weighted by Gasteiger charge is 2.38. The first-order valence-corrected chi connectivity index (χ1v) is 9.76. The Morgan fingerprint density at radius 2 is 1.55 bits per heavy atom. The number of aliphatic hydroxyl groups is 2. The second kappa shape index (κ2) is 8.07. The highest BCUT2D eigenvalue weighted by Crippen LogP contribution is 2.38. The molecule has 0 saturated carbocycles. The van der Waals surface area contributed by atoms with Crippen molar-refractivity contribution < 1.29 is 14.9 Å². The first-order valence-electron chi connectivity index (χ1n) is 9.76. The van der Waals surface area contributed by atoms with Crippen molar-refractivity contribution in [3.05, 3.63) is 95.8 Å². The Morgan fingerprint density at radius 3 is 2.10 bits per heavy atom. The van der Waals surface area contributed by atoms with E-state index < -0.39 is 5.60 Å². The summed E-state index contributed by atoms with van der Waals surface area (Å²) in [5.74, 6) is 1.22. The zero-order valence-electron chi connectivity index (χ0n) is 16.3. The molecule has 0 bridgehead atoms. The number of imidazole rings is 1. The van der Waals surface area contributed by atoms with Crippen LogP contribution in [-0.4, -0.2) is 33.0 Å². The molecule has 29 heavy (non-hydrogen) atoms. The van der Waals surface area contributed by atoms with E-state index in [9.17, 15) is 5.11 Å². The first-order chi connectivity index (χ1) is 14.2. The monoisotopic (exact) mass is 388 g/mol. The van der Waals surface area contributed by atoms with Gasteiger partial charge in [-0.25, -0.2) is 4.98 Å². The number of nitrogens with zero attached hydrogens (tertiary/aromatic N) is 2. The van der Waals surface area contributed by atoms with Gasteiger partial charge in [-0.15, -0.1) is 0 Å². The Hall–Kier alpha value is -3.15. The van der Waals surface area contributed by atoms with Gasteiger partial charge < -0.3 is 19.5 Å². The van der Waals surface area contributed by atoms with E-state index in [1.165, 1.54) is 0 Å². The predicted octanol–water partition coefficient (Wildman–Crippen LogP) is 3.71. The summed E-state index contributed by atoms with van der Waals surface area (Å²) in [5, 5.41) is 21.1. The summed E-state index contributed by atoms with van der Waals surface area (Å²) in [7, 11) is 0. The third-order valence-electron chi connectivity index (χ3n) is 5.10. The van der Waals surface area contributed by atoms with Crippen LogP contribution in [0.3, 0.4) is 0 Å². The standard InChI is InChI=1S/C24H24N2O3/c1-2-26-22-17-20(29-16-15-27)13-14-21(22)25-23(26)24(28,18-9-5-3-6-10-18)19-11-7-4-8-12-19/h3-14,17,27-28H,2,15-16H2,1H3. The number of ether oxygens (including phenoxy) is 1. The Bertz CT molecular complexity index is 1050. The summed E-state index contributed by atoms with van der Waals surface area (Å²) in [6.45, 7) is 2.86. The summed E-state index contributed by atoms with van der Waals surface area (Å²) >= 11 is 0. The highest BCUT2D eigenvalue weighted by atomic mass is 16.5. The van der Waals surface area contributed by atoms with Gasteiger partial charge >= 0.3 is 0 Å². The molecule has 4 aromatic rings. The Morgan fingerprint density at radius 1 is 0.931 bits per heavy atom. The molecule has 0 atom stereocenters. The Labute approximate surface area is 169 Å². The molecule has 0 spiro atoms. The maximum absolute atomic E-state index is 12.1. The molecule has 4 rings (SSSR count). The van der Waals surface area contributed by atoms with E-state index in [1.807, 2.05) is 90.4 Å².